The zero-order valence-electron chi connectivity index (χ0n) is 38.5. The number of benzene rings is 2. The molecule has 2 bridgehead atoms. The van der Waals surface area contributed by atoms with E-state index < -0.39 is 37.3 Å². The lowest BCUT2D eigenvalue weighted by Gasteiger charge is -2.48. The van der Waals surface area contributed by atoms with Crippen LogP contribution in [0.2, 0.25) is 16.6 Å². The molecule has 2 aromatic carbocycles. The maximum atomic E-state index is 18.0. The summed E-state index contributed by atoms with van der Waals surface area (Å²) < 4.78 is 52.3. The number of halogens is 2. The summed E-state index contributed by atoms with van der Waals surface area (Å²) in [4.78, 5) is 34.9. The SMILES string of the molecule is C=C1CN2C[C@H](F)CC2(COc2nc3c4c(nc(-c5cccc6cccc(C#C[Si](C(C)C)(C(C)C)C(C)C)c56)c(F)c4n2)O[C@@H](C)[C@@H]2[C@@H]4CC[C@H](CN32)N4C(=O)OC(C)(C)C)C1. The van der Waals surface area contributed by atoms with Gasteiger partial charge in [0.05, 0.1) is 23.7 Å². The minimum Gasteiger partial charge on any atom is -0.472 e. The minimum atomic E-state index is -2.12. The summed E-state index contributed by atoms with van der Waals surface area (Å²) >= 11 is 0. The second-order valence-corrected chi connectivity index (χ2v) is 26.3. The van der Waals surface area contributed by atoms with Crippen LogP contribution in [0, 0.1) is 17.3 Å². The van der Waals surface area contributed by atoms with E-state index >= 15 is 4.39 Å². The number of ether oxygens (including phenoxy) is 3. The van der Waals surface area contributed by atoms with Gasteiger partial charge in [0.15, 0.2) is 5.82 Å². The number of piperazine rings is 1. The number of carbonyl (C=O) groups is 1. The van der Waals surface area contributed by atoms with Crippen LogP contribution in [0.3, 0.4) is 0 Å². The van der Waals surface area contributed by atoms with Crippen molar-refractivity contribution in [1.82, 2.24) is 24.8 Å². The predicted octanol–water partition coefficient (Wildman–Crippen LogP) is 10.4. The minimum absolute atomic E-state index is 0.00861. The van der Waals surface area contributed by atoms with Crippen LogP contribution in [0.5, 0.6) is 11.9 Å². The van der Waals surface area contributed by atoms with Crippen LogP contribution in [-0.2, 0) is 4.74 Å². The summed E-state index contributed by atoms with van der Waals surface area (Å²) in [6.07, 6.45) is 0.577. The molecule has 4 fully saturated rings. The van der Waals surface area contributed by atoms with Crippen molar-refractivity contribution in [2.45, 2.75) is 153 Å². The van der Waals surface area contributed by atoms with E-state index in [-0.39, 0.29) is 53.9 Å². The first kappa shape index (κ1) is 43.4. The van der Waals surface area contributed by atoms with Crippen LogP contribution < -0.4 is 14.4 Å². The monoisotopic (exact) mass is 876 g/mol. The van der Waals surface area contributed by atoms with Crippen LogP contribution in [-0.4, -0.2) is 107 Å². The van der Waals surface area contributed by atoms with E-state index in [9.17, 15) is 9.18 Å². The highest BCUT2D eigenvalue weighted by molar-refractivity contribution is 6.90. The summed E-state index contributed by atoms with van der Waals surface area (Å²) in [6.45, 7) is 27.1. The number of anilines is 1. The number of amides is 1. The van der Waals surface area contributed by atoms with E-state index in [0.29, 0.717) is 65.9 Å². The molecule has 0 radical (unpaired) electrons. The van der Waals surface area contributed by atoms with Crippen molar-refractivity contribution in [2.24, 2.45) is 0 Å². The number of rotatable bonds is 7. The van der Waals surface area contributed by atoms with Gasteiger partial charge in [-0.2, -0.15) is 9.97 Å². The Kier molecular flexibility index (Phi) is 10.8. The Morgan fingerprint density at radius 3 is 2.43 bits per heavy atom. The van der Waals surface area contributed by atoms with Crippen molar-refractivity contribution in [3.63, 3.8) is 0 Å². The van der Waals surface area contributed by atoms with Crippen molar-refractivity contribution in [2.75, 3.05) is 31.1 Å². The zero-order valence-corrected chi connectivity index (χ0v) is 39.5. The molecule has 9 rings (SSSR count). The number of carbonyl (C=O) groups excluding carboxylic acids is 1. The molecule has 6 atom stereocenters. The summed E-state index contributed by atoms with van der Waals surface area (Å²) in [6, 6.07) is 11.1. The standard InChI is InChI=1S/C50H62F2N6O4Si/c1-28(2)63(29(3)4,30(5)6)21-20-34-15-12-14-33-16-13-17-37(39(33)34)42-41(52)43-40-45(55-47(54-43)60-27-50-22-31(7)24-56(50)25-35(51)23-50)57-26-36-18-19-38(44(57)32(8)61-46(40)53-42)58(36)48(59)62-49(9,10)11/h12-17,28-30,32,35-36,38,44H,7,18-19,22-27H2,1-6,8-11H3/t32-,35+,36+,38-,44+,50?/m0/s1. The predicted molar refractivity (Wildman–Crippen MR) is 247 cm³/mol. The van der Waals surface area contributed by atoms with Crippen LogP contribution >= 0.6 is 0 Å². The maximum Gasteiger partial charge on any atom is 0.410 e. The van der Waals surface area contributed by atoms with Gasteiger partial charge in [-0.15, -0.1) is 5.54 Å². The number of aromatic nitrogens is 3. The normalized spacial score (nSPS) is 25.7. The third-order valence-corrected chi connectivity index (χ3v) is 21.0. The third-order valence-electron chi connectivity index (χ3n) is 14.7. The first-order chi connectivity index (χ1) is 29.8. The molecule has 4 saturated heterocycles. The van der Waals surface area contributed by atoms with E-state index in [0.717, 1.165) is 34.8 Å². The third kappa shape index (κ3) is 7.23. The molecule has 10 nitrogen and oxygen atoms in total. The summed E-state index contributed by atoms with van der Waals surface area (Å²) in [5.41, 5.74) is 6.48. The molecule has 0 spiro atoms. The zero-order chi connectivity index (χ0) is 44.9. The Hall–Kier alpha value is -4.80. The first-order valence-corrected chi connectivity index (χ1v) is 25.1. The smallest absolute Gasteiger partial charge is 0.410 e. The van der Waals surface area contributed by atoms with Crippen LogP contribution in [0.1, 0.15) is 100 Å². The lowest BCUT2D eigenvalue weighted by Crippen LogP contribution is -2.65. The molecular weight excluding hydrogens is 815 g/mol. The number of hydrogen-bond donors (Lipinski definition) is 0. The highest BCUT2D eigenvalue weighted by Crippen LogP contribution is 2.48. The summed E-state index contributed by atoms with van der Waals surface area (Å²) in [5, 5.41) is 2.07. The van der Waals surface area contributed by atoms with E-state index in [2.05, 4.69) is 69.4 Å². The molecule has 1 amide bonds. The second-order valence-electron chi connectivity index (χ2n) is 20.8. The van der Waals surface area contributed by atoms with Gasteiger partial charge in [-0.1, -0.05) is 89.9 Å². The van der Waals surface area contributed by atoms with Crippen molar-refractivity contribution in [3.05, 3.63) is 59.9 Å². The van der Waals surface area contributed by atoms with Crippen LogP contribution in [0.4, 0.5) is 19.4 Å². The molecular formula is C50H62F2N6O4Si. The highest BCUT2D eigenvalue weighted by Gasteiger charge is 2.55. The Morgan fingerprint density at radius 2 is 1.73 bits per heavy atom. The van der Waals surface area contributed by atoms with Crippen molar-refractivity contribution >= 4 is 41.7 Å². The Balaban J connectivity index is 1.22. The van der Waals surface area contributed by atoms with Gasteiger partial charge in [-0.05, 0) is 75.0 Å². The van der Waals surface area contributed by atoms with Crippen molar-refractivity contribution in [3.8, 4) is 34.6 Å². The summed E-state index contributed by atoms with van der Waals surface area (Å²) in [7, 11) is -2.12. The summed E-state index contributed by atoms with van der Waals surface area (Å²) in [5.74, 6) is 3.68. The fourth-order valence-corrected chi connectivity index (χ4v) is 17.4. The molecule has 0 aliphatic carbocycles. The molecule has 0 saturated carbocycles. The second kappa shape index (κ2) is 15.7. The van der Waals surface area contributed by atoms with Crippen LogP contribution in [0.15, 0.2) is 48.6 Å². The van der Waals surface area contributed by atoms with Gasteiger partial charge in [0.25, 0.3) is 0 Å². The molecule has 4 aromatic rings. The quantitative estimate of drug-likeness (QED) is 0.102. The molecule has 63 heavy (non-hydrogen) atoms. The highest BCUT2D eigenvalue weighted by atomic mass is 28.3. The molecule has 1 unspecified atom stereocenters. The van der Waals surface area contributed by atoms with E-state index in [1.165, 1.54) is 0 Å². The van der Waals surface area contributed by atoms with Gasteiger partial charge in [0.1, 0.15) is 55.0 Å². The molecule has 5 aliphatic rings. The lowest BCUT2D eigenvalue weighted by molar-refractivity contribution is 0.000934. The largest absolute Gasteiger partial charge is 0.472 e. The maximum absolute atomic E-state index is 18.0. The number of pyridine rings is 1. The van der Waals surface area contributed by atoms with Gasteiger partial charge >= 0.3 is 12.1 Å². The van der Waals surface area contributed by atoms with Gasteiger partial charge in [0.2, 0.25) is 5.88 Å². The topological polar surface area (TPSA) is 93.2 Å². The lowest BCUT2D eigenvalue weighted by atomic mass is 9.93. The van der Waals surface area contributed by atoms with Gasteiger partial charge in [-0.3, -0.25) is 9.80 Å². The molecule has 2 aromatic heterocycles. The number of hydrogen-bond acceptors (Lipinski definition) is 9. The first-order valence-electron chi connectivity index (χ1n) is 22.9. The van der Waals surface area contributed by atoms with E-state index in [4.69, 9.17) is 29.2 Å². The average molecular weight is 877 g/mol. The molecule has 13 heteroatoms. The average Bonchev–Trinajstić information content (AvgIpc) is 3.77. The number of nitrogens with zero attached hydrogens (tertiary/aromatic N) is 6. The molecule has 5 aliphatic heterocycles. The van der Waals surface area contributed by atoms with E-state index in [1.807, 2.05) is 69.0 Å². The van der Waals surface area contributed by atoms with Gasteiger partial charge < -0.3 is 19.1 Å². The Morgan fingerprint density at radius 1 is 1.02 bits per heavy atom. The number of fused-ring (bicyclic) bond motifs is 7. The van der Waals surface area contributed by atoms with Gasteiger partial charge in [0, 0.05) is 42.6 Å². The van der Waals surface area contributed by atoms with Gasteiger partial charge in [-0.25, -0.2) is 18.6 Å². The fourth-order valence-electron chi connectivity index (χ4n) is 12.2. The Labute approximate surface area is 371 Å². The van der Waals surface area contributed by atoms with Crippen molar-refractivity contribution < 1.29 is 27.8 Å². The molecule has 0 N–H and O–H groups in total. The number of alkyl halides is 1. The molecule has 7 heterocycles. The van der Waals surface area contributed by atoms with Crippen LogP contribution in [0.25, 0.3) is 32.9 Å². The van der Waals surface area contributed by atoms with E-state index in [1.54, 1.807) is 0 Å². The van der Waals surface area contributed by atoms with Crippen molar-refractivity contribution in [1.29, 1.82) is 0 Å². The molecule has 334 valence electrons. The fraction of sp³-hybridized carbons (Fsp3) is 0.560. The Bertz CT molecular complexity index is 2540.